The number of nitrogens with one attached hydrogen (secondary N) is 1. The van der Waals surface area contributed by atoms with Crippen molar-refractivity contribution in [2.24, 2.45) is 7.05 Å². The number of aryl methyl sites for hydroxylation is 2. The van der Waals surface area contributed by atoms with Gasteiger partial charge in [0.05, 0.1) is 6.33 Å². The Kier molecular flexibility index (Phi) is 5.82. The fourth-order valence-corrected chi connectivity index (χ4v) is 6.18. The third-order valence-corrected chi connectivity index (χ3v) is 8.16. The van der Waals surface area contributed by atoms with Gasteiger partial charge in [-0.25, -0.2) is 13.4 Å². The van der Waals surface area contributed by atoms with Crippen LogP contribution in [-0.4, -0.2) is 41.4 Å². The van der Waals surface area contributed by atoms with E-state index in [4.69, 9.17) is 4.42 Å². The van der Waals surface area contributed by atoms with Crippen LogP contribution in [0.15, 0.2) is 76.6 Å². The van der Waals surface area contributed by atoms with Gasteiger partial charge in [-0.1, -0.05) is 55.5 Å². The second-order valence-electron chi connectivity index (χ2n) is 8.56. The molecule has 172 valence electrons. The molecule has 4 aromatic rings. The number of nitrogens with zero attached hydrogens (tertiary/aromatic N) is 3. The Morgan fingerprint density at radius 2 is 1.85 bits per heavy atom. The maximum absolute atomic E-state index is 13.3. The van der Waals surface area contributed by atoms with E-state index in [-0.39, 0.29) is 17.0 Å². The van der Waals surface area contributed by atoms with Crippen molar-refractivity contribution in [3.05, 3.63) is 84.0 Å². The van der Waals surface area contributed by atoms with Gasteiger partial charge in [0, 0.05) is 62.2 Å². The second kappa shape index (κ2) is 8.78. The van der Waals surface area contributed by atoms with E-state index in [1.807, 2.05) is 36.4 Å². The molecule has 0 amide bonds. The van der Waals surface area contributed by atoms with Gasteiger partial charge in [-0.2, -0.15) is 4.31 Å². The lowest BCUT2D eigenvalue weighted by Crippen LogP contribution is -2.36. The SMILES string of the molecule is CCc1oc2ccccc2c1CNC1CN(S(=O)(=O)c2cn(C)cn2)CC1c1ccccc1. The molecule has 33 heavy (non-hydrogen) atoms. The molecule has 3 heterocycles. The number of furan rings is 1. The molecular weight excluding hydrogens is 436 g/mol. The topological polar surface area (TPSA) is 80.4 Å². The summed E-state index contributed by atoms with van der Waals surface area (Å²) in [7, 11) is -1.90. The Labute approximate surface area is 194 Å². The zero-order valence-corrected chi connectivity index (χ0v) is 19.6. The summed E-state index contributed by atoms with van der Waals surface area (Å²) >= 11 is 0. The Hall–Kier alpha value is -2.94. The molecule has 1 N–H and O–H groups in total. The standard InChI is InChI=1S/C25H28N4O3S/c1-3-23-20(19-11-7-8-12-24(19)32-23)13-26-22-15-29(14-21(22)18-9-5-4-6-10-18)33(30,31)25-16-28(2)17-27-25/h4-12,16-17,21-22,26H,3,13-15H2,1-2H3. The monoisotopic (exact) mass is 464 g/mol. The molecule has 2 aromatic heterocycles. The lowest BCUT2D eigenvalue weighted by molar-refractivity contribution is 0.452. The molecule has 0 spiro atoms. The number of para-hydroxylation sites is 1. The van der Waals surface area contributed by atoms with Gasteiger partial charge >= 0.3 is 0 Å². The van der Waals surface area contributed by atoms with Crippen molar-refractivity contribution in [1.29, 1.82) is 0 Å². The quantitative estimate of drug-likeness (QED) is 0.451. The van der Waals surface area contributed by atoms with Crippen LogP contribution in [0, 0.1) is 0 Å². The molecule has 2 aromatic carbocycles. The van der Waals surface area contributed by atoms with Crippen molar-refractivity contribution >= 4 is 21.0 Å². The van der Waals surface area contributed by atoms with E-state index in [2.05, 4.69) is 35.4 Å². The summed E-state index contributed by atoms with van der Waals surface area (Å²) in [6.45, 7) is 3.50. The molecule has 0 radical (unpaired) electrons. The Balaban J connectivity index is 1.44. The summed E-state index contributed by atoms with van der Waals surface area (Å²) in [6, 6.07) is 18.1. The number of benzene rings is 2. The number of hydrogen-bond acceptors (Lipinski definition) is 5. The van der Waals surface area contributed by atoms with Crippen LogP contribution in [0.3, 0.4) is 0 Å². The maximum Gasteiger partial charge on any atom is 0.262 e. The first-order valence-corrected chi connectivity index (χ1v) is 12.7. The predicted molar refractivity (Wildman–Crippen MR) is 127 cm³/mol. The average Bonchev–Trinajstić information content (AvgIpc) is 3.55. The Morgan fingerprint density at radius 1 is 1.09 bits per heavy atom. The van der Waals surface area contributed by atoms with Crippen molar-refractivity contribution in [3.8, 4) is 0 Å². The number of sulfonamides is 1. The molecule has 1 fully saturated rings. The van der Waals surface area contributed by atoms with Crippen LogP contribution in [0.4, 0.5) is 0 Å². The van der Waals surface area contributed by atoms with Crippen molar-refractivity contribution < 1.29 is 12.8 Å². The summed E-state index contributed by atoms with van der Waals surface area (Å²) in [6.07, 6.45) is 3.88. The van der Waals surface area contributed by atoms with Gasteiger partial charge in [0.15, 0.2) is 5.03 Å². The minimum atomic E-state index is -3.67. The molecule has 7 nitrogen and oxygen atoms in total. The molecule has 0 bridgehead atoms. The fourth-order valence-electron chi connectivity index (χ4n) is 4.73. The van der Waals surface area contributed by atoms with E-state index < -0.39 is 10.0 Å². The smallest absolute Gasteiger partial charge is 0.262 e. The van der Waals surface area contributed by atoms with E-state index in [9.17, 15) is 8.42 Å². The highest BCUT2D eigenvalue weighted by Gasteiger charge is 2.40. The van der Waals surface area contributed by atoms with E-state index in [1.54, 1.807) is 22.1 Å². The molecule has 1 aliphatic rings. The maximum atomic E-state index is 13.3. The average molecular weight is 465 g/mol. The highest BCUT2D eigenvalue weighted by molar-refractivity contribution is 7.89. The molecule has 2 atom stereocenters. The minimum absolute atomic E-state index is 0.0351. The number of aromatic nitrogens is 2. The summed E-state index contributed by atoms with van der Waals surface area (Å²) in [5.41, 5.74) is 3.16. The minimum Gasteiger partial charge on any atom is -0.461 e. The van der Waals surface area contributed by atoms with Crippen molar-refractivity contribution in [2.45, 2.75) is 36.9 Å². The highest BCUT2D eigenvalue weighted by atomic mass is 32.2. The van der Waals surface area contributed by atoms with Gasteiger partial charge < -0.3 is 14.3 Å². The van der Waals surface area contributed by atoms with Crippen molar-refractivity contribution in [3.63, 3.8) is 0 Å². The predicted octanol–water partition coefficient (Wildman–Crippen LogP) is 3.68. The van der Waals surface area contributed by atoms with Gasteiger partial charge in [0.2, 0.25) is 0 Å². The molecular formula is C25H28N4O3S. The summed E-state index contributed by atoms with van der Waals surface area (Å²) < 4.78 is 35.8. The van der Waals surface area contributed by atoms with Crippen LogP contribution in [0.5, 0.6) is 0 Å². The van der Waals surface area contributed by atoms with Gasteiger partial charge in [0.1, 0.15) is 11.3 Å². The highest BCUT2D eigenvalue weighted by Crippen LogP contribution is 2.32. The molecule has 2 unspecified atom stereocenters. The van der Waals surface area contributed by atoms with Crippen LogP contribution in [-0.2, 0) is 30.0 Å². The van der Waals surface area contributed by atoms with Crippen LogP contribution in [0.1, 0.15) is 29.7 Å². The van der Waals surface area contributed by atoms with Crippen LogP contribution >= 0.6 is 0 Å². The summed E-state index contributed by atoms with van der Waals surface area (Å²) in [4.78, 5) is 4.10. The molecule has 0 saturated carbocycles. The third kappa shape index (κ3) is 4.10. The van der Waals surface area contributed by atoms with Gasteiger partial charge in [-0.15, -0.1) is 0 Å². The Bertz CT molecular complexity index is 1360. The van der Waals surface area contributed by atoms with E-state index >= 15 is 0 Å². The number of imidazole rings is 1. The Morgan fingerprint density at radius 3 is 2.58 bits per heavy atom. The first-order chi connectivity index (χ1) is 16.0. The molecule has 1 saturated heterocycles. The normalized spacial score (nSPS) is 19.5. The molecule has 8 heteroatoms. The number of hydrogen-bond donors (Lipinski definition) is 1. The largest absolute Gasteiger partial charge is 0.461 e. The van der Waals surface area contributed by atoms with Crippen LogP contribution in [0.25, 0.3) is 11.0 Å². The lowest BCUT2D eigenvalue weighted by atomic mass is 9.94. The second-order valence-corrected chi connectivity index (χ2v) is 10.4. The lowest BCUT2D eigenvalue weighted by Gasteiger charge is -2.20. The van der Waals surface area contributed by atoms with Crippen molar-refractivity contribution in [1.82, 2.24) is 19.2 Å². The molecule has 0 aliphatic carbocycles. The van der Waals surface area contributed by atoms with Gasteiger partial charge in [0.25, 0.3) is 10.0 Å². The van der Waals surface area contributed by atoms with E-state index in [0.29, 0.717) is 19.6 Å². The first kappa shape index (κ1) is 21.9. The van der Waals surface area contributed by atoms with Crippen molar-refractivity contribution in [2.75, 3.05) is 13.1 Å². The van der Waals surface area contributed by atoms with Gasteiger partial charge in [-0.05, 0) is 11.6 Å². The van der Waals surface area contributed by atoms with E-state index in [0.717, 1.165) is 34.3 Å². The zero-order chi connectivity index (χ0) is 23.0. The number of fused-ring (bicyclic) bond motifs is 1. The fraction of sp³-hybridized carbons (Fsp3) is 0.320. The van der Waals surface area contributed by atoms with Crippen LogP contribution < -0.4 is 5.32 Å². The summed E-state index contributed by atoms with van der Waals surface area (Å²) in [5.74, 6) is 1.00. The molecule has 1 aliphatic heterocycles. The first-order valence-electron chi connectivity index (χ1n) is 11.2. The van der Waals surface area contributed by atoms with Crippen LogP contribution in [0.2, 0.25) is 0 Å². The van der Waals surface area contributed by atoms with Gasteiger partial charge in [-0.3, -0.25) is 0 Å². The summed E-state index contributed by atoms with van der Waals surface area (Å²) in [5, 5.41) is 4.86. The number of rotatable bonds is 7. The van der Waals surface area contributed by atoms with E-state index in [1.165, 1.54) is 6.33 Å². The molecule has 5 rings (SSSR count). The zero-order valence-electron chi connectivity index (χ0n) is 18.8. The third-order valence-electron chi connectivity index (χ3n) is 6.44.